The van der Waals surface area contributed by atoms with Crippen LogP contribution in [-0.2, 0) is 9.47 Å². The molecule has 2 aromatic carbocycles. The van der Waals surface area contributed by atoms with Crippen LogP contribution >= 0.6 is 0 Å². The van der Waals surface area contributed by atoms with E-state index in [-0.39, 0.29) is 5.78 Å². The van der Waals surface area contributed by atoms with Gasteiger partial charge < -0.3 is 24.3 Å². The first-order valence-electron chi connectivity index (χ1n) is 9.52. The van der Waals surface area contributed by atoms with Gasteiger partial charge in [-0.25, -0.2) is 9.97 Å². The van der Waals surface area contributed by atoms with Crippen molar-refractivity contribution >= 4 is 28.2 Å². The Kier molecular flexibility index (Phi) is 7.53. The molecule has 30 heavy (non-hydrogen) atoms. The molecule has 158 valence electrons. The standard InChI is InChI=1S/C22H25N3O5/c1-15(26)16-5-4-6-17(11-16)25-22-18-12-20(29-9-7-27-2)21(30-10-8-28-3)13-19(18)23-14-24-22/h4-6,11-14H,7-10H2,1-3H3,(H,23,24,25). The van der Waals surface area contributed by atoms with Crippen molar-refractivity contribution in [2.24, 2.45) is 0 Å². The number of rotatable bonds is 11. The van der Waals surface area contributed by atoms with Crippen LogP contribution in [0.5, 0.6) is 11.5 Å². The number of anilines is 2. The Bertz CT molecular complexity index is 1010. The van der Waals surface area contributed by atoms with Crippen LogP contribution in [0.15, 0.2) is 42.7 Å². The SMILES string of the molecule is COCCOc1cc2ncnc(Nc3cccc(C(C)=O)c3)c2cc1OCCOC. The van der Waals surface area contributed by atoms with Crippen LogP contribution in [0.2, 0.25) is 0 Å². The van der Waals surface area contributed by atoms with Gasteiger partial charge in [0.2, 0.25) is 0 Å². The number of hydrogen-bond acceptors (Lipinski definition) is 8. The fourth-order valence-corrected chi connectivity index (χ4v) is 2.81. The number of hydrogen-bond donors (Lipinski definition) is 1. The van der Waals surface area contributed by atoms with Crippen LogP contribution < -0.4 is 14.8 Å². The maximum atomic E-state index is 11.7. The molecule has 0 saturated carbocycles. The summed E-state index contributed by atoms with van der Waals surface area (Å²) in [4.78, 5) is 20.4. The number of carbonyl (C=O) groups excluding carboxylic acids is 1. The van der Waals surface area contributed by atoms with Gasteiger partial charge in [0.15, 0.2) is 17.3 Å². The van der Waals surface area contributed by atoms with Crippen molar-refractivity contribution in [1.82, 2.24) is 9.97 Å². The van der Waals surface area contributed by atoms with Gasteiger partial charge in [-0.2, -0.15) is 0 Å². The van der Waals surface area contributed by atoms with E-state index in [1.54, 1.807) is 26.4 Å². The van der Waals surface area contributed by atoms with Crippen molar-refractivity contribution < 1.29 is 23.7 Å². The van der Waals surface area contributed by atoms with Crippen molar-refractivity contribution in [2.75, 3.05) is 46.0 Å². The summed E-state index contributed by atoms with van der Waals surface area (Å²) in [6, 6.07) is 10.9. The zero-order valence-electron chi connectivity index (χ0n) is 17.3. The number of ketones is 1. The highest BCUT2D eigenvalue weighted by atomic mass is 16.5. The van der Waals surface area contributed by atoms with Crippen LogP contribution in [0.3, 0.4) is 0 Å². The Morgan fingerprint density at radius 3 is 2.30 bits per heavy atom. The van der Waals surface area contributed by atoms with Crippen molar-refractivity contribution in [3.63, 3.8) is 0 Å². The number of ether oxygens (including phenoxy) is 4. The number of carbonyl (C=O) groups is 1. The lowest BCUT2D eigenvalue weighted by Crippen LogP contribution is -2.09. The third-order valence-corrected chi connectivity index (χ3v) is 4.32. The number of methoxy groups -OCH3 is 2. The van der Waals surface area contributed by atoms with Gasteiger partial charge >= 0.3 is 0 Å². The van der Waals surface area contributed by atoms with Gasteiger partial charge in [-0.05, 0) is 25.1 Å². The minimum Gasteiger partial charge on any atom is -0.487 e. The Morgan fingerprint density at radius 2 is 1.63 bits per heavy atom. The quantitative estimate of drug-likeness (QED) is 0.378. The summed E-state index contributed by atoms with van der Waals surface area (Å²) in [6.45, 7) is 3.20. The molecule has 0 aliphatic rings. The molecule has 0 saturated heterocycles. The van der Waals surface area contributed by atoms with E-state index in [1.807, 2.05) is 24.3 Å². The van der Waals surface area contributed by atoms with E-state index in [4.69, 9.17) is 18.9 Å². The van der Waals surface area contributed by atoms with Crippen LogP contribution in [0.1, 0.15) is 17.3 Å². The molecule has 0 radical (unpaired) electrons. The molecule has 0 spiro atoms. The smallest absolute Gasteiger partial charge is 0.163 e. The Morgan fingerprint density at radius 1 is 0.933 bits per heavy atom. The average molecular weight is 411 g/mol. The summed E-state index contributed by atoms with van der Waals surface area (Å²) >= 11 is 0. The first-order chi connectivity index (χ1) is 14.6. The largest absolute Gasteiger partial charge is 0.487 e. The predicted molar refractivity (Wildman–Crippen MR) is 114 cm³/mol. The van der Waals surface area contributed by atoms with Crippen LogP contribution in [0.4, 0.5) is 11.5 Å². The average Bonchev–Trinajstić information content (AvgIpc) is 2.75. The molecule has 3 aromatic rings. The summed E-state index contributed by atoms with van der Waals surface area (Å²) in [6.07, 6.45) is 1.48. The first-order valence-corrected chi connectivity index (χ1v) is 9.52. The van der Waals surface area contributed by atoms with E-state index < -0.39 is 0 Å². The number of Topliss-reactive ketones (excluding diaryl/α,β-unsaturated/α-hetero) is 1. The van der Waals surface area contributed by atoms with Gasteiger partial charge in [-0.15, -0.1) is 0 Å². The molecule has 0 atom stereocenters. The summed E-state index contributed by atoms with van der Waals surface area (Å²) in [7, 11) is 3.23. The Balaban J connectivity index is 1.96. The Hall–Kier alpha value is -3.23. The molecule has 0 amide bonds. The van der Waals surface area contributed by atoms with Gasteiger partial charge in [-0.3, -0.25) is 4.79 Å². The van der Waals surface area contributed by atoms with Crippen molar-refractivity contribution in [3.05, 3.63) is 48.3 Å². The highest BCUT2D eigenvalue weighted by molar-refractivity contribution is 5.96. The second kappa shape index (κ2) is 10.5. The number of benzene rings is 2. The highest BCUT2D eigenvalue weighted by Gasteiger charge is 2.13. The number of aromatic nitrogens is 2. The molecule has 1 N–H and O–H groups in total. The lowest BCUT2D eigenvalue weighted by molar-refractivity contribution is 0.101. The minimum atomic E-state index is -0.00197. The number of fused-ring (bicyclic) bond motifs is 1. The predicted octanol–water partition coefficient (Wildman–Crippen LogP) is 3.63. The third-order valence-electron chi connectivity index (χ3n) is 4.32. The fraction of sp³-hybridized carbons (Fsp3) is 0.318. The van der Waals surface area contributed by atoms with Gasteiger partial charge in [0, 0.05) is 36.9 Å². The van der Waals surface area contributed by atoms with E-state index in [1.165, 1.54) is 13.3 Å². The third kappa shape index (κ3) is 5.43. The molecule has 0 aliphatic carbocycles. The molecular formula is C22H25N3O5. The maximum Gasteiger partial charge on any atom is 0.163 e. The first kappa shape index (κ1) is 21.5. The van der Waals surface area contributed by atoms with Crippen molar-refractivity contribution in [2.45, 2.75) is 6.92 Å². The van der Waals surface area contributed by atoms with E-state index >= 15 is 0 Å². The molecule has 1 heterocycles. The van der Waals surface area contributed by atoms with E-state index in [0.29, 0.717) is 54.8 Å². The summed E-state index contributed by atoms with van der Waals surface area (Å²) < 4.78 is 21.8. The van der Waals surface area contributed by atoms with E-state index in [0.717, 1.165) is 11.1 Å². The summed E-state index contributed by atoms with van der Waals surface area (Å²) in [5.74, 6) is 1.73. The second-order valence-electron chi connectivity index (χ2n) is 6.48. The van der Waals surface area contributed by atoms with Gasteiger partial charge in [-0.1, -0.05) is 12.1 Å². The molecule has 0 bridgehead atoms. The molecule has 0 unspecified atom stereocenters. The summed E-state index contributed by atoms with van der Waals surface area (Å²) in [5.41, 5.74) is 2.07. The van der Waals surface area contributed by atoms with Gasteiger partial charge in [0.1, 0.15) is 25.4 Å². The highest BCUT2D eigenvalue weighted by Crippen LogP contribution is 2.35. The van der Waals surface area contributed by atoms with Crippen molar-refractivity contribution in [3.8, 4) is 11.5 Å². The lowest BCUT2D eigenvalue weighted by Gasteiger charge is -2.15. The maximum absolute atomic E-state index is 11.7. The molecule has 8 nitrogen and oxygen atoms in total. The monoisotopic (exact) mass is 411 g/mol. The zero-order chi connectivity index (χ0) is 21.3. The van der Waals surface area contributed by atoms with Gasteiger partial charge in [0.25, 0.3) is 0 Å². The van der Waals surface area contributed by atoms with Crippen LogP contribution in [0, 0.1) is 0 Å². The van der Waals surface area contributed by atoms with Crippen LogP contribution in [0.25, 0.3) is 10.9 Å². The molecule has 0 aliphatic heterocycles. The minimum absolute atomic E-state index is 0.00197. The molecule has 8 heteroatoms. The fourth-order valence-electron chi connectivity index (χ4n) is 2.81. The van der Waals surface area contributed by atoms with Gasteiger partial charge in [0.05, 0.1) is 18.7 Å². The molecule has 3 rings (SSSR count). The van der Waals surface area contributed by atoms with E-state index in [2.05, 4.69) is 15.3 Å². The molecule has 1 aromatic heterocycles. The van der Waals surface area contributed by atoms with E-state index in [9.17, 15) is 4.79 Å². The normalized spacial score (nSPS) is 10.8. The van der Waals surface area contributed by atoms with Crippen molar-refractivity contribution in [1.29, 1.82) is 0 Å². The number of nitrogens with zero attached hydrogens (tertiary/aromatic N) is 2. The zero-order valence-corrected chi connectivity index (χ0v) is 17.3. The molecule has 0 fully saturated rings. The summed E-state index contributed by atoms with van der Waals surface area (Å²) in [5, 5.41) is 4.03. The lowest BCUT2D eigenvalue weighted by atomic mass is 10.1. The topological polar surface area (TPSA) is 91.8 Å². The Labute approximate surface area is 175 Å². The molecular weight excluding hydrogens is 386 g/mol. The second-order valence-corrected chi connectivity index (χ2v) is 6.48. The van der Waals surface area contributed by atoms with Crippen LogP contribution in [-0.4, -0.2) is 56.4 Å². The number of nitrogens with one attached hydrogen (secondary N) is 1.